The second-order valence-electron chi connectivity index (χ2n) is 6.95. The van der Waals surface area contributed by atoms with E-state index in [1.807, 2.05) is 0 Å². The molecule has 0 aliphatic carbocycles. The number of rotatable bonds is 5. The first kappa shape index (κ1) is 17.0. The fourth-order valence-corrected chi connectivity index (χ4v) is 3.66. The van der Waals surface area contributed by atoms with Crippen molar-refractivity contribution in [1.82, 2.24) is 4.90 Å². The summed E-state index contributed by atoms with van der Waals surface area (Å²) >= 11 is 0. The van der Waals surface area contributed by atoms with E-state index in [0.29, 0.717) is 0 Å². The van der Waals surface area contributed by atoms with E-state index in [1.54, 1.807) is 24.3 Å². The van der Waals surface area contributed by atoms with Crippen molar-refractivity contribution in [2.45, 2.75) is 38.3 Å². The largest absolute Gasteiger partial charge is 0.508 e. The lowest BCUT2D eigenvalue weighted by atomic mass is 9.89. The summed E-state index contributed by atoms with van der Waals surface area (Å²) in [6, 6.07) is 17.7. The Kier molecular flexibility index (Phi) is 5.54. The van der Waals surface area contributed by atoms with E-state index in [2.05, 4.69) is 42.2 Å². The van der Waals surface area contributed by atoms with Crippen LogP contribution in [0.3, 0.4) is 0 Å². The average Bonchev–Trinajstić information content (AvgIpc) is 2.63. The van der Waals surface area contributed by atoms with Gasteiger partial charge in [0.05, 0.1) is 6.10 Å². The van der Waals surface area contributed by atoms with E-state index >= 15 is 0 Å². The summed E-state index contributed by atoms with van der Waals surface area (Å²) in [5, 5.41) is 20.0. The van der Waals surface area contributed by atoms with Gasteiger partial charge in [0.25, 0.3) is 0 Å². The molecule has 0 bridgehead atoms. The molecule has 1 aliphatic rings. The van der Waals surface area contributed by atoms with Crippen LogP contribution in [0.5, 0.6) is 5.75 Å². The molecule has 0 amide bonds. The van der Waals surface area contributed by atoms with Gasteiger partial charge in [-0.15, -0.1) is 0 Å². The number of likely N-dealkylation sites (tertiary alicyclic amines) is 1. The number of phenols is 1. The lowest BCUT2D eigenvalue weighted by Gasteiger charge is -2.38. The van der Waals surface area contributed by atoms with Crippen LogP contribution in [0.2, 0.25) is 0 Å². The minimum Gasteiger partial charge on any atom is -0.508 e. The molecular formula is C21H27NO2. The number of piperidine rings is 1. The number of phenolic OH excluding ortho intramolecular Hbond substituents is 1. The summed E-state index contributed by atoms with van der Waals surface area (Å²) < 4.78 is 0. The van der Waals surface area contributed by atoms with Gasteiger partial charge in [-0.25, -0.2) is 0 Å². The Morgan fingerprint density at radius 1 is 1.00 bits per heavy atom. The second kappa shape index (κ2) is 7.82. The predicted octanol–water partition coefficient (Wildman–Crippen LogP) is 3.77. The first-order chi connectivity index (χ1) is 11.6. The molecule has 3 heteroatoms. The highest BCUT2D eigenvalue weighted by Gasteiger charge is 2.27. The topological polar surface area (TPSA) is 43.7 Å². The molecule has 1 aliphatic heterocycles. The smallest absolute Gasteiger partial charge is 0.115 e. The maximum absolute atomic E-state index is 10.6. The van der Waals surface area contributed by atoms with Crippen molar-refractivity contribution >= 4 is 0 Å². The molecule has 3 nitrogen and oxygen atoms in total. The van der Waals surface area contributed by atoms with Crippen LogP contribution in [0.15, 0.2) is 54.6 Å². The van der Waals surface area contributed by atoms with Gasteiger partial charge in [0.1, 0.15) is 5.75 Å². The Balaban J connectivity index is 1.53. The van der Waals surface area contributed by atoms with Crippen molar-refractivity contribution in [3.63, 3.8) is 0 Å². The standard InChI is InChI=1S/C21H27NO2/c1-16(21(24)19-7-9-20(23)10-8-19)22-13-11-18(12-14-22)15-17-5-3-2-4-6-17/h2-10,16,18,21,23-24H,11-15H2,1H3/t16-,21?/m0/s1. The first-order valence-corrected chi connectivity index (χ1v) is 8.88. The molecule has 128 valence electrons. The molecule has 24 heavy (non-hydrogen) atoms. The van der Waals surface area contributed by atoms with E-state index in [4.69, 9.17) is 0 Å². The Bertz CT molecular complexity index is 618. The third kappa shape index (κ3) is 4.16. The lowest BCUT2D eigenvalue weighted by molar-refractivity contribution is 0.0373. The Labute approximate surface area is 144 Å². The molecular weight excluding hydrogens is 298 g/mol. The van der Waals surface area contributed by atoms with Gasteiger partial charge in [-0.2, -0.15) is 0 Å². The molecule has 0 radical (unpaired) electrons. The van der Waals surface area contributed by atoms with E-state index in [1.165, 1.54) is 18.4 Å². The van der Waals surface area contributed by atoms with Gasteiger partial charge in [0.2, 0.25) is 0 Å². The van der Waals surface area contributed by atoms with Gasteiger partial charge in [-0.05, 0) is 68.5 Å². The van der Waals surface area contributed by atoms with Crippen molar-refractivity contribution < 1.29 is 10.2 Å². The van der Waals surface area contributed by atoms with Crippen molar-refractivity contribution in [2.24, 2.45) is 5.92 Å². The quantitative estimate of drug-likeness (QED) is 0.879. The van der Waals surface area contributed by atoms with Gasteiger partial charge in [0, 0.05) is 6.04 Å². The number of aromatic hydroxyl groups is 1. The maximum atomic E-state index is 10.6. The Hall–Kier alpha value is -1.84. The summed E-state index contributed by atoms with van der Waals surface area (Å²) in [4.78, 5) is 2.39. The van der Waals surface area contributed by atoms with Crippen LogP contribution < -0.4 is 0 Å². The highest BCUT2D eigenvalue weighted by atomic mass is 16.3. The highest BCUT2D eigenvalue weighted by Crippen LogP contribution is 2.28. The summed E-state index contributed by atoms with van der Waals surface area (Å²) in [6.45, 7) is 4.16. The molecule has 0 saturated carbocycles. The number of hydrogen-bond acceptors (Lipinski definition) is 3. The summed E-state index contributed by atoms with van der Waals surface area (Å²) in [7, 11) is 0. The zero-order chi connectivity index (χ0) is 16.9. The zero-order valence-corrected chi connectivity index (χ0v) is 14.3. The van der Waals surface area contributed by atoms with Crippen LogP contribution in [-0.4, -0.2) is 34.2 Å². The van der Waals surface area contributed by atoms with E-state index in [9.17, 15) is 10.2 Å². The molecule has 0 aromatic heterocycles. The average molecular weight is 325 g/mol. The van der Waals surface area contributed by atoms with E-state index in [0.717, 1.165) is 31.0 Å². The molecule has 2 aromatic carbocycles. The summed E-state index contributed by atoms with van der Waals surface area (Å²) in [6.07, 6.45) is 3.00. The van der Waals surface area contributed by atoms with E-state index < -0.39 is 6.10 Å². The number of nitrogens with zero attached hydrogens (tertiary/aromatic N) is 1. The number of benzene rings is 2. The molecule has 1 saturated heterocycles. The van der Waals surface area contributed by atoms with Crippen molar-refractivity contribution in [1.29, 1.82) is 0 Å². The third-order valence-corrected chi connectivity index (χ3v) is 5.28. The molecule has 1 unspecified atom stereocenters. The number of hydrogen-bond donors (Lipinski definition) is 2. The molecule has 2 atom stereocenters. The zero-order valence-electron chi connectivity index (χ0n) is 14.3. The van der Waals surface area contributed by atoms with Gasteiger partial charge in [-0.3, -0.25) is 4.90 Å². The molecule has 1 fully saturated rings. The first-order valence-electron chi connectivity index (χ1n) is 8.88. The van der Waals surface area contributed by atoms with Crippen molar-refractivity contribution in [3.05, 3.63) is 65.7 Å². The summed E-state index contributed by atoms with van der Waals surface area (Å²) in [5.74, 6) is 0.974. The molecule has 1 heterocycles. The van der Waals surface area contributed by atoms with Gasteiger partial charge in [0.15, 0.2) is 0 Å². The van der Waals surface area contributed by atoms with Crippen LogP contribution in [0.1, 0.15) is 37.0 Å². The molecule has 0 spiro atoms. The maximum Gasteiger partial charge on any atom is 0.115 e. The van der Waals surface area contributed by atoms with Crippen LogP contribution in [0.25, 0.3) is 0 Å². The predicted molar refractivity (Wildman–Crippen MR) is 97.0 cm³/mol. The van der Waals surface area contributed by atoms with Crippen LogP contribution in [0.4, 0.5) is 0 Å². The van der Waals surface area contributed by atoms with Crippen LogP contribution >= 0.6 is 0 Å². The monoisotopic (exact) mass is 325 g/mol. The van der Waals surface area contributed by atoms with E-state index in [-0.39, 0.29) is 11.8 Å². The lowest BCUT2D eigenvalue weighted by Crippen LogP contribution is -2.43. The Morgan fingerprint density at radius 2 is 1.62 bits per heavy atom. The molecule has 2 N–H and O–H groups in total. The van der Waals surface area contributed by atoms with Gasteiger partial charge >= 0.3 is 0 Å². The van der Waals surface area contributed by atoms with Gasteiger partial charge < -0.3 is 10.2 Å². The van der Waals surface area contributed by atoms with Crippen LogP contribution in [0, 0.1) is 5.92 Å². The molecule has 3 rings (SSSR count). The number of aliphatic hydroxyl groups is 1. The van der Waals surface area contributed by atoms with Crippen LogP contribution in [-0.2, 0) is 6.42 Å². The van der Waals surface area contributed by atoms with Gasteiger partial charge in [-0.1, -0.05) is 42.5 Å². The normalized spacial score (nSPS) is 19.1. The molecule has 2 aromatic rings. The minimum absolute atomic E-state index is 0.0900. The van der Waals surface area contributed by atoms with Crippen molar-refractivity contribution in [3.8, 4) is 5.75 Å². The summed E-state index contributed by atoms with van der Waals surface area (Å²) in [5.41, 5.74) is 2.29. The van der Waals surface area contributed by atoms with Crippen molar-refractivity contribution in [2.75, 3.05) is 13.1 Å². The minimum atomic E-state index is -0.517. The second-order valence-corrected chi connectivity index (χ2v) is 6.95. The highest BCUT2D eigenvalue weighted by molar-refractivity contribution is 5.28. The fraction of sp³-hybridized carbons (Fsp3) is 0.429. The third-order valence-electron chi connectivity index (χ3n) is 5.28. The fourth-order valence-electron chi connectivity index (χ4n) is 3.66. The Morgan fingerprint density at radius 3 is 2.25 bits per heavy atom. The SMILES string of the molecule is C[C@@H](C(O)c1ccc(O)cc1)N1CCC(Cc2ccccc2)CC1. The number of aliphatic hydroxyl groups excluding tert-OH is 1.